The number of thioether (sulfide) groups is 1. The number of nitrogens with one attached hydrogen (secondary N) is 2. The Bertz CT molecular complexity index is 1110. The molecule has 29 heavy (non-hydrogen) atoms. The van der Waals surface area contributed by atoms with E-state index in [2.05, 4.69) is 30.0 Å². The molecular weight excluding hydrogens is 436 g/mol. The van der Waals surface area contributed by atoms with Gasteiger partial charge in [0.05, 0.1) is 16.1 Å². The van der Waals surface area contributed by atoms with Crippen LogP contribution in [0.15, 0.2) is 59.0 Å². The van der Waals surface area contributed by atoms with Crippen LogP contribution < -0.4 is 10.0 Å². The van der Waals surface area contributed by atoms with Crippen LogP contribution in [0, 0.1) is 0 Å². The fourth-order valence-electron chi connectivity index (χ4n) is 2.15. The maximum atomic E-state index is 12.5. The highest BCUT2D eigenvalue weighted by Crippen LogP contribution is 2.20. The predicted octanol–water partition coefficient (Wildman–Crippen LogP) is 3.09. The number of amides is 1. The molecule has 2 N–H and O–H groups in total. The number of carbonyl (C=O) groups is 1. The van der Waals surface area contributed by atoms with Crippen molar-refractivity contribution >= 4 is 50.9 Å². The highest BCUT2D eigenvalue weighted by molar-refractivity contribution is 7.99. The Morgan fingerprint density at radius 2 is 1.83 bits per heavy atom. The number of sulfonamides is 1. The van der Waals surface area contributed by atoms with Gasteiger partial charge in [-0.05, 0) is 36.1 Å². The van der Waals surface area contributed by atoms with Crippen molar-refractivity contribution in [3.05, 3.63) is 59.6 Å². The maximum Gasteiger partial charge on any atom is 0.275 e. The highest BCUT2D eigenvalue weighted by Gasteiger charge is 2.17. The molecule has 3 rings (SSSR count). The summed E-state index contributed by atoms with van der Waals surface area (Å²) in [6.07, 6.45) is 4.22. The quantitative estimate of drug-likeness (QED) is 0.415. The molecule has 1 aromatic carbocycles. The topological polar surface area (TPSA) is 127 Å². The molecule has 0 saturated heterocycles. The van der Waals surface area contributed by atoms with Gasteiger partial charge >= 0.3 is 0 Å². The molecule has 2 heterocycles. The zero-order valence-electron chi connectivity index (χ0n) is 15.0. The normalized spacial score (nSPS) is 11.1. The Balaban J connectivity index is 1.74. The van der Waals surface area contributed by atoms with Crippen molar-refractivity contribution in [3.8, 4) is 0 Å². The van der Waals surface area contributed by atoms with E-state index in [1.54, 1.807) is 6.07 Å². The van der Waals surface area contributed by atoms with Crippen LogP contribution in [0.2, 0.25) is 5.02 Å². The fraction of sp³-hybridized carbons (Fsp3) is 0.118. The van der Waals surface area contributed by atoms with Gasteiger partial charge in [-0.2, -0.15) is 0 Å². The van der Waals surface area contributed by atoms with E-state index in [0.717, 1.165) is 5.75 Å². The zero-order chi connectivity index (χ0) is 20.9. The van der Waals surface area contributed by atoms with Gasteiger partial charge in [0.2, 0.25) is 5.95 Å². The second-order valence-electron chi connectivity index (χ2n) is 5.44. The number of hydrogen-bond donors (Lipinski definition) is 2. The third-order valence-electron chi connectivity index (χ3n) is 3.42. The average molecular weight is 451 g/mol. The second kappa shape index (κ2) is 9.16. The average Bonchev–Trinajstić information content (AvgIpc) is 2.70. The van der Waals surface area contributed by atoms with Crippen molar-refractivity contribution in [2.45, 2.75) is 17.0 Å². The molecule has 9 nitrogen and oxygen atoms in total. The lowest BCUT2D eigenvalue weighted by Crippen LogP contribution is -2.16. The molecule has 2 aromatic heterocycles. The summed E-state index contributed by atoms with van der Waals surface area (Å²) in [5.41, 5.74) is 0.418. The molecule has 0 aliphatic heterocycles. The van der Waals surface area contributed by atoms with Gasteiger partial charge in [-0.1, -0.05) is 30.3 Å². The Labute approximate surface area is 176 Å². The lowest BCUT2D eigenvalue weighted by atomic mass is 10.3. The summed E-state index contributed by atoms with van der Waals surface area (Å²) in [6, 6.07) is 7.18. The van der Waals surface area contributed by atoms with Gasteiger partial charge in [-0.25, -0.2) is 33.1 Å². The standard InChI is InChI=1S/C17H15ClN6O3S2/c1-2-28-17-21-10-13(18)14(23-17)15(25)22-11-4-6-12(7-5-11)29(26,27)24-16-19-8-3-9-20-16/h3-10H,2H2,1H3,(H,22,25)(H,19,20,24). The molecule has 0 spiro atoms. The Hall–Kier alpha value is -2.76. The van der Waals surface area contributed by atoms with Crippen LogP contribution in [0.5, 0.6) is 0 Å². The molecule has 12 heteroatoms. The van der Waals surface area contributed by atoms with Crippen molar-refractivity contribution in [1.82, 2.24) is 19.9 Å². The van der Waals surface area contributed by atoms with Gasteiger partial charge in [0.25, 0.3) is 15.9 Å². The number of rotatable bonds is 7. The SMILES string of the molecule is CCSc1ncc(Cl)c(C(=O)Nc2ccc(S(=O)(=O)Nc3ncccn3)cc2)n1. The minimum Gasteiger partial charge on any atom is -0.321 e. The first-order valence-corrected chi connectivity index (χ1v) is 11.1. The monoisotopic (exact) mass is 450 g/mol. The van der Waals surface area contributed by atoms with Crippen LogP contribution in [0.3, 0.4) is 0 Å². The van der Waals surface area contributed by atoms with E-state index < -0.39 is 15.9 Å². The number of nitrogens with zero attached hydrogens (tertiary/aromatic N) is 4. The van der Waals surface area contributed by atoms with Gasteiger partial charge in [-0.3, -0.25) is 4.79 Å². The van der Waals surface area contributed by atoms with Gasteiger partial charge in [0, 0.05) is 18.1 Å². The first-order chi connectivity index (χ1) is 13.9. The molecule has 0 unspecified atom stereocenters. The smallest absolute Gasteiger partial charge is 0.275 e. The second-order valence-corrected chi connectivity index (χ2v) is 8.76. The molecule has 0 aliphatic rings. The van der Waals surface area contributed by atoms with Crippen LogP contribution in [-0.4, -0.2) is 40.0 Å². The van der Waals surface area contributed by atoms with E-state index in [0.29, 0.717) is 10.8 Å². The van der Waals surface area contributed by atoms with Crippen molar-refractivity contribution in [3.63, 3.8) is 0 Å². The summed E-state index contributed by atoms with van der Waals surface area (Å²) in [5, 5.41) is 3.20. The molecule has 0 atom stereocenters. The largest absolute Gasteiger partial charge is 0.321 e. The van der Waals surface area contributed by atoms with Gasteiger partial charge in [-0.15, -0.1) is 0 Å². The van der Waals surface area contributed by atoms with Gasteiger partial charge in [0.15, 0.2) is 10.9 Å². The predicted molar refractivity (Wildman–Crippen MR) is 111 cm³/mol. The van der Waals surface area contributed by atoms with Gasteiger partial charge in [0.1, 0.15) is 0 Å². The van der Waals surface area contributed by atoms with E-state index in [-0.39, 0.29) is 21.6 Å². The molecule has 0 fully saturated rings. The first-order valence-electron chi connectivity index (χ1n) is 8.25. The molecule has 1 amide bonds. The Kier molecular flexibility index (Phi) is 6.62. The molecule has 150 valence electrons. The summed E-state index contributed by atoms with van der Waals surface area (Å²) in [5.74, 6) is 0.187. The van der Waals surface area contributed by atoms with Gasteiger partial charge < -0.3 is 5.32 Å². The van der Waals surface area contributed by atoms with E-state index >= 15 is 0 Å². The summed E-state index contributed by atoms with van der Waals surface area (Å²) in [7, 11) is -3.86. The molecule has 0 radical (unpaired) electrons. The first kappa shape index (κ1) is 21.0. The number of anilines is 2. The molecule has 0 bridgehead atoms. The van der Waals surface area contributed by atoms with Crippen LogP contribution in [0.25, 0.3) is 0 Å². The fourth-order valence-corrected chi connectivity index (χ4v) is 3.82. The minimum absolute atomic E-state index is 0.00958. The molecular formula is C17H15ClN6O3S2. The summed E-state index contributed by atoms with van der Waals surface area (Å²) < 4.78 is 27.0. The molecule has 0 aliphatic carbocycles. The number of aromatic nitrogens is 4. The Morgan fingerprint density at radius 1 is 1.14 bits per heavy atom. The summed E-state index contributed by atoms with van der Waals surface area (Å²) in [4.78, 5) is 28.3. The summed E-state index contributed by atoms with van der Waals surface area (Å²) in [6.45, 7) is 1.94. The van der Waals surface area contributed by atoms with E-state index in [9.17, 15) is 13.2 Å². The van der Waals surface area contributed by atoms with Crippen LogP contribution in [0.4, 0.5) is 11.6 Å². The third kappa shape index (κ3) is 5.40. The summed E-state index contributed by atoms with van der Waals surface area (Å²) >= 11 is 7.41. The third-order valence-corrected chi connectivity index (χ3v) is 5.79. The van der Waals surface area contributed by atoms with Crippen molar-refractivity contribution in [2.24, 2.45) is 0 Å². The maximum absolute atomic E-state index is 12.5. The lowest BCUT2D eigenvalue weighted by Gasteiger charge is -2.09. The number of hydrogen-bond acceptors (Lipinski definition) is 8. The van der Waals surface area contributed by atoms with E-state index in [1.807, 2.05) is 6.92 Å². The Morgan fingerprint density at radius 3 is 2.48 bits per heavy atom. The van der Waals surface area contributed by atoms with Crippen molar-refractivity contribution < 1.29 is 13.2 Å². The van der Waals surface area contributed by atoms with E-state index in [1.165, 1.54) is 54.6 Å². The van der Waals surface area contributed by atoms with Crippen LogP contribution in [-0.2, 0) is 10.0 Å². The number of carbonyl (C=O) groups excluding carboxylic acids is 1. The molecule has 0 saturated carbocycles. The highest BCUT2D eigenvalue weighted by atomic mass is 35.5. The lowest BCUT2D eigenvalue weighted by molar-refractivity contribution is 0.102. The molecule has 3 aromatic rings. The van der Waals surface area contributed by atoms with Crippen LogP contribution >= 0.6 is 23.4 Å². The van der Waals surface area contributed by atoms with E-state index in [4.69, 9.17) is 11.6 Å². The minimum atomic E-state index is -3.86. The van der Waals surface area contributed by atoms with Crippen molar-refractivity contribution in [2.75, 3.05) is 15.8 Å². The van der Waals surface area contributed by atoms with Crippen LogP contribution in [0.1, 0.15) is 17.4 Å². The zero-order valence-corrected chi connectivity index (χ0v) is 17.4. The van der Waals surface area contributed by atoms with Crippen molar-refractivity contribution in [1.29, 1.82) is 0 Å². The number of halogens is 1. The number of benzene rings is 1.